The zero-order valence-corrected chi connectivity index (χ0v) is 57.6. The van der Waals surface area contributed by atoms with Crippen molar-refractivity contribution in [3.8, 4) is 0 Å². The molecular weight excluding hydrogens is 1070 g/mol. The zero-order valence-electron chi connectivity index (χ0n) is 57.6. The predicted octanol–water partition coefficient (Wildman–Crippen LogP) is 19.0. The summed E-state index contributed by atoms with van der Waals surface area (Å²) in [6.45, 7) is 40.0. The number of ketones is 7. The molecule has 6 aromatic rings. The van der Waals surface area contributed by atoms with Gasteiger partial charge in [0.2, 0.25) is 0 Å². The Hall–Kier alpha value is -6.99. The fraction of sp³-hybridized carbons (Fsp3) is 0.463. The van der Waals surface area contributed by atoms with Gasteiger partial charge in [-0.25, -0.2) is 0 Å². The van der Waals surface area contributed by atoms with E-state index in [1.807, 2.05) is 48.5 Å². The number of aryl methyl sites for hydroxylation is 6. The summed E-state index contributed by atoms with van der Waals surface area (Å²) in [7, 11) is 0. The van der Waals surface area contributed by atoms with E-state index in [2.05, 4.69) is 194 Å². The number of unbranched alkanes of at least 4 members (excludes halogenated alkanes) is 1. The smallest absolute Gasteiger partial charge is 0.132 e. The molecule has 0 amide bonds. The second-order valence-electron chi connectivity index (χ2n) is 24.9. The van der Waals surface area contributed by atoms with Crippen LogP contribution in [0.2, 0.25) is 0 Å². The number of hydrogen-bond acceptors (Lipinski definition) is 7. The molecule has 0 aliphatic carbocycles. The third kappa shape index (κ3) is 39.4. The molecule has 0 saturated carbocycles. The number of hydrogen-bond donors (Lipinski definition) is 0. The molecular formula is C80H112O7. The Morgan fingerprint density at radius 3 is 0.471 bits per heavy atom. The third-order valence-electron chi connectivity index (χ3n) is 15.8. The van der Waals surface area contributed by atoms with Crippen LogP contribution in [-0.4, -0.2) is 40.5 Å². The van der Waals surface area contributed by atoms with Crippen LogP contribution in [0.4, 0.5) is 0 Å². The van der Waals surface area contributed by atoms with Crippen molar-refractivity contribution in [2.24, 2.45) is 41.4 Å². The number of Topliss-reactive ketones (excluding diaryl/α,β-unsaturated/α-hetero) is 7. The maximum absolute atomic E-state index is 11.0. The Labute approximate surface area is 528 Å². The van der Waals surface area contributed by atoms with Gasteiger partial charge in [-0.1, -0.05) is 247 Å². The molecule has 7 nitrogen and oxygen atoms in total. The van der Waals surface area contributed by atoms with Gasteiger partial charge in [0, 0.05) is 41.4 Å². The van der Waals surface area contributed by atoms with Crippen LogP contribution >= 0.6 is 0 Å². The second kappa shape index (κ2) is 44.4. The number of carbonyl (C=O) groups excluding carboxylic acids is 7. The van der Waals surface area contributed by atoms with Crippen molar-refractivity contribution < 1.29 is 33.6 Å². The Kier molecular flexibility index (Phi) is 40.9. The fourth-order valence-electron chi connectivity index (χ4n) is 8.04. The van der Waals surface area contributed by atoms with Gasteiger partial charge >= 0.3 is 0 Å². The summed E-state index contributed by atoms with van der Waals surface area (Å²) in [5.74, 6) is 3.04. The van der Waals surface area contributed by atoms with Crippen LogP contribution in [0.5, 0.6) is 0 Å². The first kappa shape index (κ1) is 80.0. The molecule has 0 fully saturated rings. The molecule has 0 bridgehead atoms. The summed E-state index contributed by atoms with van der Waals surface area (Å²) < 4.78 is 0. The molecule has 0 heterocycles. The van der Waals surface area contributed by atoms with Gasteiger partial charge in [-0.05, 0) is 168 Å². The summed E-state index contributed by atoms with van der Waals surface area (Å²) in [5, 5.41) is 0. The molecule has 6 aromatic carbocycles. The number of benzene rings is 6. The highest BCUT2D eigenvalue weighted by Crippen LogP contribution is 2.16. The lowest BCUT2D eigenvalue weighted by Crippen LogP contribution is -2.09. The van der Waals surface area contributed by atoms with E-state index in [4.69, 9.17) is 0 Å². The standard InChI is InChI=1S/6C12H16O.C8H16O/c6*1-9-4-6-12(7-5-9)8-10(2)11(3)13;1-4-5-6-7(2)8(3)9/h6*4-7,10H,8H2,1-3H3;7H,4-6H2,1-3H3/t6*10-;7-/m1111111/s1. The van der Waals surface area contributed by atoms with Crippen molar-refractivity contribution in [3.05, 3.63) is 212 Å². The van der Waals surface area contributed by atoms with Crippen molar-refractivity contribution in [2.45, 2.75) is 203 Å². The maximum atomic E-state index is 11.0. The molecule has 7 atom stereocenters. The van der Waals surface area contributed by atoms with Crippen LogP contribution in [-0.2, 0) is 72.1 Å². The minimum Gasteiger partial charge on any atom is -0.300 e. The monoisotopic (exact) mass is 1180 g/mol. The number of rotatable bonds is 22. The molecule has 0 saturated heterocycles. The second-order valence-corrected chi connectivity index (χ2v) is 24.9. The first-order chi connectivity index (χ1) is 40.7. The van der Waals surface area contributed by atoms with Crippen molar-refractivity contribution in [2.75, 3.05) is 0 Å². The molecule has 87 heavy (non-hydrogen) atoms. The normalized spacial score (nSPS) is 12.6. The van der Waals surface area contributed by atoms with E-state index in [0.717, 1.165) is 44.9 Å². The molecule has 0 unspecified atom stereocenters. The van der Waals surface area contributed by atoms with Crippen LogP contribution in [0.25, 0.3) is 0 Å². The maximum Gasteiger partial charge on any atom is 0.132 e. The van der Waals surface area contributed by atoms with E-state index in [1.165, 1.54) is 79.6 Å². The van der Waals surface area contributed by atoms with E-state index in [0.29, 0.717) is 5.78 Å². The van der Waals surface area contributed by atoms with Gasteiger partial charge in [0.15, 0.2) is 0 Å². The summed E-state index contributed by atoms with van der Waals surface area (Å²) in [6.07, 6.45) is 8.58. The Morgan fingerprint density at radius 1 is 0.241 bits per heavy atom. The van der Waals surface area contributed by atoms with Gasteiger partial charge < -0.3 is 0 Å². The predicted molar refractivity (Wildman–Crippen MR) is 368 cm³/mol. The van der Waals surface area contributed by atoms with Gasteiger partial charge in [0.1, 0.15) is 40.5 Å². The molecule has 0 aromatic heterocycles. The van der Waals surface area contributed by atoms with E-state index < -0.39 is 0 Å². The van der Waals surface area contributed by atoms with Gasteiger partial charge in [-0.2, -0.15) is 0 Å². The topological polar surface area (TPSA) is 119 Å². The summed E-state index contributed by atoms with van der Waals surface area (Å²) in [6, 6.07) is 50.1. The van der Waals surface area contributed by atoms with Gasteiger partial charge in [0.05, 0.1) is 0 Å². The summed E-state index contributed by atoms with van der Waals surface area (Å²) >= 11 is 0. The average molecular weight is 1190 g/mol. The highest BCUT2D eigenvalue weighted by atomic mass is 16.1. The lowest BCUT2D eigenvalue weighted by Gasteiger charge is -2.07. The Balaban J connectivity index is 0.000000995. The largest absolute Gasteiger partial charge is 0.300 e. The lowest BCUT2D eigenvalue weighted by molar-refractivity contribution is -0.121. The van der Waals surface area contributed by atoms with Gasteiger partial charge in [-0.3, -0.25) is 33.6 Å². The first-order valence-corrected chi connectivity index (χ1v) is 31.6. The van der Waals surface area contributed by atoms with E-state index in [-0.39, 0.29) is 76.1 Å². The minimum atomic E-state index is 0.141. The Bertz CT molecular complexity index is 2420. The quantitative estimate of drug-likeness (QED) is 0.0664. The summed E-state index contributed by atoms with van der Waals surface area (Å²) in [4.78, 5) is 76.7. The van der Waals surface area contributed by atoms with Gasteiger partial charge in [0.25, 0.3) is 0 Å². The third-order valence-corrected chi connectivity index (χ3v) is 15.8. The van der Waals surface area contributed by atoms with E-state index >= 15 is 0 Å². The van der Waals surface area contributed by atoms with E-state index in [9.17, 15) is 33.6 Å². The van der Waals surface area contributed by atoms with Crippen molar-refractivity contribution >= 4 is 40.5 Å². The van der Waals surface area contributed by atoms with Crippen LogP contribution < -0.4 is 0 Å². The summed E-state index contributed by atoms with van der Waals surface area (Å²) in [5.41, 5.74) is 15.0. The van der Waals surface area contributed by atoms with Crippen molar-refractivity contribution in [3.63, 3.8) is 0 Å². The van der Waals surface area contributed by atoms with Crippen molar-refractivity contribution in [1.82, 2.24) is 0 Å². The fourth-order valence-corrected chi connectivity index (χ4v) is 8.04. The molecule has 0 aliphatic heterocycles. The molecule has 7 heteroatoms. The Morgan fingerprint density at radius 2 is 0.368 bits per heavy atom. The van der Waals surface area contributed by atoms with Crippen LogP contribution in [0.3, 0.4) is 0 Å². The highest BCUT2D eigenvalue weighted by molar-refractivity contribution is 5.80. The molecule has 0 radical (unpaired) electrons. The first-order valence-electron chi connectivity index (χ1n) is 31.6. The lowest BCUT2D eigenvalue weighted by atomic mass is 9.97. The van der Waals surface area contributed by atoms with Crippen LogP contribution in [0.15, 0.2) is 146 Å². The number of carbonyl (C=O) groups is 7. The minimum absolute atomic E-state index is 0.141. The zero-order chi connectivity index (χ0) is 66.3. The SMILES string of the molecule is CC(=O)[C@H](C)Cc1ccc(C)cc1.CC(=O)[C@H](C)Cc1ccc(C)cc1.CC(=O)[C@H](C)Cc1ccc(C)cc1.CC(=O)[C@H](C)Cc1ccc(C)cc1.CC(=O)[C@H](C)Cc1ccc(C)cc1.CC(=O)[C@H](C)Cc1ccc(C)cc1.CCCC[C@@H](C)C(C)=O. The molecule has 0 N–H and O–H groups in total. The molecule has 0 aliphatic rings. The molecule has 6 rings (SSSR count). The van der Waals surface area contributed by atoms with Crippen LogP contribution in [0.1, 0.15) is 190 Å². The van der Waals surface area contributed by atoms with Gasteiger partial charge in [-0.15, -0.1) is 0 Å². The van der Waals surface area contributed by atoms with E-state index in [1.54, 1.807) is 48.5 Å². The van der Waals surface area contributed by atoms with Crippen molar-refractivity contribution in [1.29, 1.82) is 0 Å². The molecule has 474 valence electrons. The highest BCUT2D eigenvalue weighted by Gasteiger charge is 2.12. The van der Waals surface area contributed by atoms with Crippen LogP contribution in [0, 0.1) is 83.0 Å². The molecule has 0 spiro atoms. The average Bonchev–Trinajstić information content (AvgIpc) is 3.57.